The summed E-state index contributed by atoms with van der Waals surface area (Å²) in [7, 11) is 3.65. The van der Waals surface area contributed by atoms with Gasteiger partial charge >= 0.3 is 0 Å². The maximum atomic E-state index is 12.3. The number of hydrogen-bond donors (Lipinski definition) is 2. The second-order valence-corrected chi connectivity index (χ2v) is 4.86. The minimum atomic E-state index is -0.104. The lowest BCUT2D eigenvalue weighted by Gasteiger charge is -2.09. The largest absolute Gasteiger partial charge is 0.373 e. The highest BCUT2D eigenvalue weighted by atomic mass is 16.1. The molecule has 6 nitrogen and oxygen atoms in total. The average molecular weight is 287 g/mol. The van der Waals surface area contributed by atoms with Gasteiger partial charge in [-0.25, -0.2) is 4.98 Å². The van der Waals surface area contributed by atoms with Crippen LogP contribution in [-0.2, 0) is 20.0 Å². The summed E-state index contributed by atoms with van der Waals surface area (Å²) >= 11 is 0. The molecule has 2 N–H and O–H groups in total. The Balaban J connectivity index is 2.10. The number of nitrogens with zero attached hydrogens (tertiary/aromatic N) is 3. The highest BCUT2D eigenvalue weighted by Gasteiger charge is 2.10. The molecule has 0 spiro atoms. The number of anilines is 1. The second kappa shape index (κ2) is 6.88. The van der Waals surface area contributed by atoms with E-state index in [4.69, 9.17) is 0 Å². The molecule has 0 saturated carbocycles. The van der Waals surface area contributed by atoms with Crippen molar-refractivity contribution < 1.29 is 4.79 Å². The number of amides is 1. The first-order valence-electron chi connectivity index (χ1n) is 7.07. The molecule has 2 aromatic heterocycles. The normalized spacial score (nSPS) is 10.4. The number of carbonyl (C=O) groups is 1. The van der Waals surface area contributed by atoms with Crippen molar-refractivity contribution in [2.45, 2.75) is 26.3 Å². The van der Waals surface area contributed by atoms with Crippen molar-refractivity contribution in [3.8, 4) is 0 Å². The maximum absolute atomic E-state index is 12.3. The number of aromatic nitrogens is 3. The fourth-order valence-corrected chi connectivity index (χ4v) is 2.08. The van der Waals surface area contributed by atoms with Crippen molar-refractivity contribution in [2.24, 2.45) is 7.05 Å². The van der Waals surface area contributed by atoms with Gasteiger partial charge in [0.05, 0.1) is 12.2 Å². The molecule has 0 atom stereocenters. The Morgan fingerprint density at radius 3 is 2.81 bits per heavy atom. The predicted molar refractivity (Wildman–Crippen MR) is 82.2 cm³/mol. The van der Waals surface area contributed by atoms with Crippen molar-refractivity contribution in [1.29, 1.82) is 0 Å². The third-order valence-electron chi connectivity index (χ3n) is 3.26. The lowest BCUT2D eigenvalue weighted by atomic mass is 10.1. The molecule has 6 heteroatoms. The third kappa shape index (κ3) is 3.81. The lowest BCUT2D eigenvalue weighted by Crippen LogP contribution is -2.24. The minimum absolute atomic E-state index is 0.104. The van der Waals surface area contributed by atoms with Crippen LogP contribution in [0.2, 0.25) is 0 Å². The smallest absolute Gasteiger partial charge is 0.251 e. The number of carbonyl (C=O) groups excluding carboxylic acids is 1. The summed E-state index contributed by atoms with van der Waals surface area (Å²) in [5, 5.41) is 9.98. The summed E-state index contributed by atoms with van der Waals surface area (Å²) in [4.78, 5) is 16.7. The quantitative estimate of drug-likeness (QED) is 0.849. The molecule has 0 saturated heterocycles. The van der Waals surface area contributed by atoms with Crippen LogP contribution < -0.4 is 10.6 Å². The van der Waals surface area contributed by atoms with E-state index in [0.29, 0.717) is 17.9 Å². The Bertz CT molecular complexity index is 620. The number of hydrogen-bond acceptors (Lipinski definition) is 4. The van der Waals surface area contributed by atoms with Gasteiger partial charge in [-0.2, -0.15) is 5.10 Å². The Morgan fingerprint density at radius 2 is 2.19 bits per heavy atom. The van der Waals surface area contributed by atoms with Crippen LogP contribution in [0.15, 0.2) is 24.4 Å². The van der Waals surface area contributed by atoms with Crippen LogP contribution >= 0.6 is 0 Å². The molecule has 2 rings (SSSR count). The molecule has 0 aromatic carbocycles. The van der Waals surface area contributed by atoms with E-state index in [0.717, 1.165) is 24.2 Å². The van der Waals surface area contributed by atoms with Crippen LogP contribution in [0.25, 0.3) is 0 Å². The van der Waals surface area contributed by atoms with E-state index >= 15 is 0 Å². The average Bonchev–Trinajstić information content (AvgIpc) is 2.90. The van der Waals surface area contributed by atoms with Gasteiger partial charge in [-0.3, -0.25) is 9.48 Å². The number of nitrogens with one attached hydrogen (secondary N) is 2. The van der Waals surface area contributed by atoms with Gasteiger partial charge in [-0.1, -0.05) is 13.3 Å². The fraction of sp³-hybridized carbons (Fsp3) is 0.400. The number of aryl methyl sites for hydroxylation is 2. The molecule has 21 heavy (non-hydrogen) atoms. The lowest BCUT2D eigenvalue weighted by molar-refractivity contribution is 0.0950. The standard InChI is InChI=1S/C15H21N5O/c1-4-5-12-8-11(9-14(16-2)19-12)15(21)17-10-13-6-7-18-20(13)3/h6-9H,4-5,10H2,1-3H3,(H,16,19)(H,17,21). The Kier molecular flexibility index (Phi) is 4.92. The minimum Gasteiger partial charge on any atom is -0.373 e. The summed E-state index contributed by atoms with van der Waals surface area (Å²) < 4.78 is 1.74. The zero-order valence-corrected chi connectivity index (χ0v) is 12.7. The van der Waals surface area contributed by atoms with Gasteiger partial charge in [-0.15, -0.1) is 0 Å². The monoisotopic (exact) mass is 287 g/mol. The van der Waals surface area contributed by atoms with E-state index in [9.17, 15) is 4.79 Å². The van der Waals surface area contributed by atoms with Gasteiger partial charge in [0.1, 0.15) is 5.82 Å². The molecular weight excluding hydrogens is 266 g/mol. The number of rotatable bonds is 6. The summed E-state index contributed by atoms with van der Waals surface area (Å²) in [5.41, 5.74) is 2.51. The molecule has 0 aliphatic rings. The van der Waals surface area contributed by atoms with Crippen LogP contribution in [0.3, 0.4) is 0 Å². The second-order valence-electron chi connectivity index (χ2n) is 4.86. The molecule has 0 unspecified atom stereocenters. The van der Waals surface area contributed by atoms with Crippen LogP contribution in [0.4, 0.5) is 5.82 Å². The Labute approximate surface area is 124 Å². The first-order chi connectivity index (χ1) is 10.1. The van der Waals surface area contributed by atoms with E-state index in [1.54, 1.807) is 24.0 Å². The van der Waals surface area contributed by atoms with Crippen LogP contribution in [-0.4, -0.2) is 27.7 Å². The van der Waals surface area contributed by atoms with E-state index in [-0.39, 0.29) is 5.91 Å². The first-order valence-corrected chi connectivity index (χ1v) is 7.07. The highest BCUT2D eigenvalue weighted by Crippen LogP contribution is 2.12. The van der Waals surface area contributed by atoms with Crippen LogP contribution in [0, 0.1) is 0 Å². The molecule has 0 aliphatic carbocycles. The van der Waals surface area contributed by atoms with Gasteiger partial charge < -0.3 is 10.6 Å². The molecule has 112 valence electrons. The highest BCUT2D eigenvalue weighted by molar-refractivity contribution is 5.94. The van der Waals surface area contributed by atoms with Gasteiger partial charge in [0.2, 0.25) is 0 Å². The molecule has 0 aliphatic heterocycles. The van der Waals surface area contributed by atoms with Crippen LogP contribution in [0.5, 0.6) is 0 Å². The molecule has 1 amide bonds. The zero-order valence-electron chi connectivity index (χ0n) is 12.7. The zero-order chi connectivity index (χ0) is 15.2. The molecule has 0 fully saturated rings. The maximum Gasteiger partial charge on any atom is 0.251 e. The summed E-state index contributed by atoms with van der Waals surface area (Å²) in [6.45, 7) is 2.55. The van der Waals surface area contributed by atoms with Crippen molar-refractivity contribution in [3.05, 3.63) is 41.3 Å². The predicted octanol–water partition coefficient (Wildman–Crippen LogP) is 1.74. The summed E-state index contributed by atoms with van der Waals surface area (Å²) in [6.07, 6.45) is 3.57. The van der Waals surface area contributed by atoms with E-state index in [2.05, 4.69) is 27.6 Å². The van der Waals surface area contributed by atoms with Gasteiger partial charge in [0, 0.05) is 31.5 Å². The Hall–Kier alpha value is -2.37. The fourth-order valence-electron chi connectivity index (χ4n) is 2.08. The summed E-state index contributed by atoms with van der Waals surface area (Å²) in [6, 6.07) is 5.50. The van der Waals surface area contributed by atoms with E-state index in [1.165, 1.54) is 0 Å². The van der Waals surface area contributed by atoms with Gasteiger partial charge in [0.25, 0.3) is 5.91 Å². The summed E-state index contributed by atoms with van der Waals surface area (Å²) in [5.74, 6) is 0.610. The van der Waals surface area contributed by atoms with Gasteiger partial charge in [0.15, 0.2) is 0 Å². The third-order valence-corrected chi connectivity index (χ3v) is 3.26. The van der Waals surface area contributed by atoms with Crippen molar-refractivity contribution in [3.63, 3.8) is 0 Å². The molecular formula is C15H21N5O. The topological polar surface area (TPSA) is 71.8 Å². The molecule has 2 heterocycles. The first kappa shape index (κ1) is 15.0. The van der Waals surface area contributed by atoms with Crippen molar-refractivity contribution in [1.82, 2.24) is 20.1 Å². The molecule has 0 bridgehead atoms. The van der Waals surface area contributed by atoms with Crippen molar-refractivity contribution >= 4 is 11.7 Å². The van der Waals surface area contributed by atoms with Crippen molar-refractivity contribution in [2.75, 3.05) is 12.4 Å². The molecule has 0 radical (unpaired) electrons. The van der Waals surface area contributed by atoms with E-state index < -0.39 is 0 Å². The van der Waals surface area contributed by atoms with Gasteiger partial charge in [-0.05, 0) is 24.6 Å². The SMILES string of the molecule is CCCc1cc(C(=O)NCc2ccnn2C)cc(NC)n1. The number of pyridine rings is 1. The van der Waals surface area contributed by atoms with E-state index in [1.807, 2.05) is 19.2 Å². The van der Waals surface area contributed by atoms with Crippen LogP contribution in [0.1, 0.15) is 35.1 Å². The molecule has 2 aromatic rings. The Morgan fingerprint density at radius 1 is 1.38 bits per heavy atom.